The van der Waals surface area contributed by atoms with E-state index in [2.05, 4.69) is 19.2 Å². The predicted octanol–water partition coefficient (Wildman–Crippen LogP) is 4.37. The van der Waals surface area contributed by atoms with E-state index in [0.717, 1.165) is 24.4 Å². The maximum Gasteiger partial charge on any atom is 0.409 e. The van der Waals surface area contributed by atoms with Crippen molar-refractivity contribution in [3.8, 4) is 0 Å². The molecule has 196 valence electrons. The van der Waals surface area contributed by atoms with Gasteiger partial charge in [0, 0.05) is 24.4 Å². The van der Waals surface area contributed by atoms with Gasteiger partial charge in [0.25, 0.3) is 5.91 Å². The molecule has 8 nitrogen and oxygen atoms in total. The Labute approximate surface area is 214 Å². The normalized spacial score (nSPS) is 24.1. The molecule has 1 unspecified atom stereocenters. The SMILES string of the molecule is CC(C)CC1=NC(NC(=O)OC(C)(C)C)C(=O)N(CC(=O)N2CC3CCC(CC3)C2)c2ccccc21. The molecule has 1 aromatic carbocycles. The van der Waals surface area contributed by atoms with Crippen molar-refractivity contribution in [3.05, 3.63) is 29.8 Å². The summed E-state index contributed by atoms with van der Waals surface area (Å²) in [5, 5.41) is 2.66. The summed E-state index contributed by atoms with van der Waals surface area (Å²) in [6, 6.07) is 7.57. The number of nitrogens with one attached hydrogen (secondary N) is 1. The number of amides is 3. The summed E-state index contributed by atoms with van der Waals surface area (Å²) >= 11 is 0. The average Bonchev–Trinajstić information content (AvgIpc) is 3.17. The van der Waals surface area contributed by atoms with Crippen molar-refractivity contribution in [1.82, 2.24) is 10.2 Å². The van der Waals surface area contributed by atoms with Crippen LogP contribution in [0.3, 0.4) is 0 Å². The molecular weight excluding hydrogens is 456 g/mol. The van der Waals surface area contributed by atoms with E-state index in [1.54, 1.807) is 20.8 Å². The summed E-state index contributed by atoms with van der Waals surface area (Å²) < 4.78 is 5.41. The van der Waals surface area contributed by atoms with Crippen LogP contribution in [0.25, 0.3) is 0 Å². The van der Waals surface area contributed by atoms with Crippen molar-refractivity contribution in [3.63, 3.8) is 0 Å². The van der Waals surface area contributed by atoms with E-state index in [1.807, 2.05) is 29.2 Å². The minimum Gasteiger partial charge on any atom is -0.444 e. The zero-order valence-electron chi connectivity index (χ0n) is 22.3. The number of benzene rings is 1. The highest BCUT2D eigenvalue weighted by molar-refractivity contribution is 6.14. The van der Waals surface area contributed by atoms with Crippen LogP contribution in [0.15, 0.2) is 29.3 Å². The molecule has 8 heteroatoms. The van der Waals surface area contributed by atoms with Crippen LogP contribution in [0.5, 0.6) is 0 Å². The second kappa shape index (κ2) is 10.6. The number of hydrogen-bond acceptors (Lipinski definition) is 5. The molecular formula is C28H40N4O4. The van der Waals surface area contributed by atoms with Crippen molar-refractivity contribution < 1.29 is 19.1 Å². The molecule has 0 radical (unpaired) electrons. The Kier molecular flexibility index (Phi) is 7.71. The van der Waals surface area contributed by atoms with E-state index in [-0.39, 0.29) is 18.4 Å². The first kappa shape index (κ1) is 26.2. The number of aliphatic imine (C=N–C) groups is 1. The quantitative estimate of drug-likeness (QED) is 0.655. The van der Waals surface area contributed by atoms with Gasteiger partial charge in [-0.25, -0.2) is 4.79 Å². The van der Waals surface area contributed by atoms with E-state index in [9.17, 15) is 14.4 Å². The molecule has 1 saturated carbocycles. The van der Waals surface area contributed by atoms with Crippen molar-refractivity contribution in [1.29, 1.82) is 0 Å². The molecule has 3 aliphatic heterocycles. The van der Waals surface area contributed by atoms with Crippen molar-refractivity contribution in [2.45, 2.75) is 78.5 Å². The Balaban J connectivity index is 1.64. The first-order valence-electron chi connectivity index (χ1n) is 13.2. The number of rotatable bonds is 5. The summed E-state index contributed by atoms with van der Waals surface area (Å²) in [5.74, 6) is 0.887. The minimum absolute atomic E-state index is 0.0553. The first-order chi connectivity index (χ1) is 17.0. The number of anilines is 1. The van der Waals surface area contributed by atoms with Crippen LogP contribution in [0.1, 0.15) is 72.3 Å². The summed E-state index contributed by atoms with van der Waals surface area (Å²) in [5.41, 5.74) is 1.49. The molecule has 2 saturated heterocycles. The third-order valence-electron chi connectivity index (χ3n) is 7.12. The Bertz CT molecular complexity index is 1010. The summed E-state index contributed by atoms with van der Waals surface area (Å²) in [7, 11) is 0. The summed E-state index contributed by atoms with van der Waals surface area (Å²) in [6.07, 6.45) is 3.45. The molecule has 0 aromatic heterocycles. The lowest BCUT2D eigenvalue weighted by Gasteiger charge is -2.29. The number of benzodiazepines with no additional fused rings is 1. The standard InChI is InChI=1S/C28H40N4O4/c1-18(2)14-22-21-8-6-7-9-23(21)32(26(34)25(29-22)30-27(35)36-28(3,4)5)17-24(33)31-15-19-10-11-20(16-31)13-12-19/h6-9,18-20,25H,10-17H2,1-5H3,(H,30,35). The molecule has 3 amide bonds. The zero-order chi connectivity index (χ0) is 26.0. The zero-order valence-corrected chi connectivity index (χ0v) is 22.3. The van der Waals surface area contributed by atoms with Crippen LogP contribution >= 0.6 is 0 Å². The first-order valence-corrected chi connectivity index (χ1v) is 13.2. The van der Waals surface area contributed by atoms with Gasteiger partial charge in [-0.1, -0.05) is 32.0 Å². The highest BCUT2D eigenvalue weighted by atomic mass is 16.6. The fraction of sp³-hybridized carbons (Fsp3) is 0.643. The molecule has 3 heterocycles. The highest BCUT2D eigenvalue weighted by Crippen LogP contribution is 2.34. The Morgan fingerprint density at radius 2 is 1.69 bits per heavy atom. The van der Waals surface area contributed by atoms with E-state index in [4.69, 9.17) is 9.73 Å². The largest absolute Gasteiger partial charge is 0.444 e. The van der Waals surface area contributed by atoms with Gasteiger partial charge in [-0.05, 0) is 76.7 Å². The smallest absolute Gasteiger partial charge is 0.409 e. The second-order valence-corrected chi connectivity index (χ2v) is 11.8. The fourth-order valence-corrected chi connectivity index (χ4v) is 5.46. The molecule has 4 aliphatic rings. The molecule has 36 heavy (non-hydrogen) atoms. The van der Waals surface area contributed by atoms with Crippen molar-refractivity contribution in [2.24, 2.45) is 22.7 Å². The van der Waals surface area contributed by atoms with Crippen LogP contribution in [-0.2, 0) is 14.3 Å². The monoisotopic (exact) mass is 496 g/mol. The number of ether oxygens (including phenoxy) is 1. The minimum atomic E-state index is -1.17. The topological polar surface area (TPSA) is 91.3 Å². The number of alkyl carbamates (subject to hydrolysis) is 1. The Hall–Kier alpha value is -2.90. The van der Waals surface area contributed by atoms with Crippen LogP contribution in [0.2, 0.25) is 0 Å². The van der Waals surface area contributed by atoms with Gasteiger partial charge in [0.15, 0.2) is 0 Å². The number of carbonyl (C=O) groups excluding carboxylic acids is 3. The predicted molar refractivity (Wildman–Crippen MR) is 140 cm³/mol. The maximum atomic E-state index is 13.8. The van der Waals surface area contributed by atoms with E-state index in [1.165, 1.54) is 30.6 Å². The van der Waals surface area contributed by atoms with Gasteiger partial charge in [-0.3, -0.25) is 24.8 Å². The average molecular weight is 497 g/mol. The molecule has 1 N–H and O–H groups in total. The lowest BCUT2D eigenvalue weighted by molar-refractivity contribution is -0.132. The fourth-order valence-electron chi connectivity index (χ4n) is 5.46. The molecule has 5 rings (SSSR count). The molecule has 1 atom stereocenters. The van der Waals surface area contributed by atoms with E-state index < -0.39 is 23.8 Å². The Morgan fingerprint density at radius 3 is 2.28 bits per heavy atom. The molecule has 3 fully saturated rings. The summed E-state index contributed by atoms with van der Waals surface area (Å²) in [6.45, 7) is 10.9. The lowest BCUT2D eigenvalue weighted by atomic mass is 9.84. The van der Waals surface area contributed by atoms with E-state index >= 15 is 0 Å². The lowest BCUT2D eigenvalue weighted by Crippen LogP contribution is -2.51. The van der Waals surface area contributed by atoms with Gasteiger partial charge >= 0.3 is 6.09 Å². The number of fused-ring (bicyclic) bond motifs is 5. The van der Waals surface area contributed by atoms with Gasteiger partial charge in [-0.15, -0.1) is 0 Å². The number of carbonyl (C=O) groups is 3. The maximum absolute atomic E-state index is 13.8. The third-order valence-corrected chi connectivity index (χ3v) is 7.12. The van der Waals surface area contributed by atoms with Gasteiger partial charge < -0.3 is 9.64 Å². The van der Waals surface area contributed by atoms with Crippen LogP contribution in [0, 0.1) is 17.8 Å². The van der Waals surface area contributed by atoms with Crippen molar-refractivity contribution in [2.75, 3.05) is 24.5 Å². The number of hydrogen-bond donors (Lipinski definition) is 1. The van der Waals surface area contributed by atoms with Crippen molar-refractivity contribution >= 4 is 29.3 Å². The van der Waals surface area contributed by atoms with Crippen LogP contribution in [0.4, 0.5) is 10.5 Å². The van der Waals surface area contributed by atoms with Crippen LogP contribution in [-0.4, -0.2) is 59.9 Å². The molecule has 2 bridgehead atoms. The molecule has 0 spiro atoms. The third kappa shape index (κ3) is 6.26. The van der Waals surface area contributed by atoms with Gasteiger partial charge in [0.2, 0.25) is 12.1 Å². The highest BCUT2D eigenvalue weighted by Gasteiger charge is 2.37. The number of nitrogens with zero attached hydrogens (tertiary/aromatic N) is 3. The van der Waals surface area contributed by atoms with E-state index in [0.29, 0.717) is 23.9 Å². The molecule has 1 aliphatic carbocycles. The number of para-hydroxylation sites is 1. The second-order valence-electron chi connectivity index (χ2n) is 11.8. The Morgan fingerprint density at radius 1 is 1.08 bits per heavy atom. The van der Waals surface area contributed by atoms with Gasteiger partial charge in [-0.2, -0.15) is 0 Å². The van der Waals surface area contributed by atoms with Crippen LogP contribution < -0.4 is 10.2 Å². The summed E-state index contributed by atoms with van der Waals surface area (Å²) in [4.78, 5) is 48.2. The van der Waals surface area contributed by atoms with Gasteiger partial charge in [0.05, 0.1) is 5.69 Å². The van der Waals surface area contributed by atoms with Gasteiger partial charge in [0.1, 0.15) is 12.1 Å². The molecule has 1 aromatic rings.